The molecule has 0 fully saturated rings. The predicted molar refractivity (Wildman–Crippen MR) is 326 cm³/mol. The Balaban J connectivity index is 2.89. The van der Waals surface area contributed by atoms with E-state index in [1.807, 2.05) is 34.1 Å². The minimum Gasteiger partial charge on any atom is -0.389 e. The lowest BCUT2D eigenvalue weighted by Gasteiger charge is -2.32. The van der Waals surface area contributed by atoms with Gasteiger partial charge in [-0.1, -0.05) is 259 Å². The van der Waals surface area contributed by atoms with Gasteiger partial charge in [-0.3, -0.25) is 0 Å². The van der Waals surface area contributed by atoms with Gasteiger partial charge in [-0.05, 0) is 49.9 Å². The molecule has 1 aromatic carbocycles. The number of ether oxygens (including phenoxy) is 4. The van der Waals surface area contributed by atoms with Gasteiger partial charge in [0.1, 0.15) is 0 Å². The summed E-state index contributed by atoms with van der Waals surface area (Å²) in [4.78, 5) is 4.06. The summed E-state index contributed by atoms with van der Waals surface area (Å²) in [5.41, 5.74) is 1.74. The fraction of sp³-hybridized carbons (Fsp3) is 0.909. The van der Waals surface area contributed by atoms with Crippen molar-refractivity contribution < 1.29 is 39.4 Å². The largest absolute Gasteiger partial charge is 0.389 e. The number of aliphatic hydroxyl groups is 4. The number of nitrogens with zero attached hydrogens (tertiary/aromatic N) is 2. The van der Waals surface area contributed by atoms with E-state index in [0.29, 0.717) is 52.6 Å². The Morgan fingerprint density at radius 2 is 0.421 bits per heavy atom. The van der Waals surface area contributed by atoms with Crippen LogP contribution in [0.3, 0.4) is 0 Å². The first kappa shape index (κ1) is 72.5. The Bertz CT molecular complexity index is 1110. The van der Waals surface area contributed by atoms with E-state index in [9.17, 15) is 20.4 Å². The van der Waals surface area contributed by atoms with Crippen molar-refractivity contribution in [1.82, 2.24) is 0 Å². The van der Waals surface area contributed by atoms with Crippen LogP contribution in [0.2, 0.25) is 0 Å². The molecule has 1 rings (SSSR count). The van der Waals surface area contributed by atoms with Gasteiger partial charge in [-0.2, -0.15) is 0 Å². The van der Waals surface area contributed by atoms with E-state index in [4.69, 9.17) is 18.9 Å². The first-order valence-electron chi connectivity index (χ1n) is 33.0. The molecule has 0 saturated heterocycles. The smallest absolute Gasteiger partial charge is 0.0948 e. The van der Waals surface area contributed by atoms with Crippen LogP contribution in [0.1, 0.15) is 285 Å². The quantitative estimate of drug-likeness (QED) is 0.0469. The molecule has 450 valence electrons. The van der Waals surface area contributed by atoms with Crippen LogP contribution in [-0.2, 0) is 18.9 Å². The van der Waals surface area contributed by atoms with Crippen LogP contribution in [0.5, 0.6) is 0 Å². The lowest BCUT2D eigenvalue weighted by Crippen LogP contribution is -2.42. The molecule has 0 amide bonds. The number of unbranched alkanes of at least 4 members (excludes halogenated alkanes) is 36. The van der Waals surface area contributed by atoms with Gasteiger partial charge in [0.15, 0.2) is 0 Å². The number of anilines is 2. The summed E-state index contributed by atoms with van der Waals surface area (Å²) in [7, 11) is 0. The van der Waals surface area contributed by atoms with E-state index < -0.39 is 24.4 Å². The molecule has 0 aliphatic heterocycles. The van der Waals surface area contributed by atoms with Crippen molar-refractivity contribution in [2.45, 2.75) is 309 Å². The Morgan fingerprint density at radius 1 is 0.263 bits per heavy atom. The van der Waals surface area contributed by atoms with Gasteiger partial charge in [-0.15, -0.1) is 0 Å². The highest BCUT2D eigenvalue weighted by molar-refractivity contribution is 5.57. The van der Waals surface area contributed by atoms with E-state index >= 15 is 0 Å². The Labute approximate surface area is 470 Å². The molecule has 10 heteroatoms. The molecule has 76 heavy (non-hydrogen) atoms. The topological polar surface area (TPSA) is 124 Å². The zero-order valence-electron chi connectivity index (χ0n) is 50.7. The molecular formula is C66H128N2O8. The van der Waals surface area contributed by atoms with Gasteiger partial charge in [0, 0.05) is 64.0 Å². The third-order valence-electron chi connectivity index (χ3n) is 15.1. The molecule has 0 saturated carbocycles. The first-order valence-corrected chi connectivity index (χ1v) is 33.0. The second kappa shape index (κ2) is 56.8. The standard InChI is InChI=1S/C66H128N2O8/c1-5-9-13-17-21-25-29-33-37-41-49-73-57-63(69)53-67(54-64(70)58-74-50-42-38-34-30-26-22-18-14-10-6-2)61-45-47-62(48-46-61)68(55-65(71)59-75-51-43-39-35-31-27-23-19-15-11-7-3)56-66(72)60-76-52-44-40-36-32-28-24-20-16-12-8-4/h45-48,63-66,69-72H,5-44,49-60H2,1-4H3. The maximum atomic E-state index is 11.3. The fourth-order valence-corrected chi connectivity index (χ4v) is 10.3. The van der Waals surface area contributed by atoms with Gasteiger partial charge in [0.2, 0.25) is 0 Å². The highest BCUT2D eigenvalue weighted by atomic mass is 16.5. The van der Waals surface area contributed by atoms with E-state index in [2.05, 4.69) is 27.7 Å². The van der Waals surface area contributed by atoms with Crippen molar-refractivity contribution in [1.29, 1.82) is 0 Å². The summed E-state index contributed by atoms with van der Waals surface area (Å²) in [5.74, 6) is 0. The SMILES string of the molecule is CCCCCCCCCCCCOCC(O)CN(CC(O)COCCCCCCCCCCCC)c1ccc(N(CC(O)COCCCCCCCCCCCC)CC(O)COCCCCCCCCCCCC)cc1. The minimum atomic E-state index is -0.731. The summed E-state index contributed by atoms with van der Waals surface area (Å²) in [6.07, 6.45) is 47.9. The minimum absolute atomic E-state index is 0.240. The summed E-state index contributed by atoms with van der Waals surface area (Å²) in [6.45, 7) is 13.8. The van der Waals surface area contributed by atoms with Crippen LogP contribution in [0.15, 0.2) is 24.3 Å². The molecule has 0 aliphatic carbocycles. The number of hydrogen-bond donors (Lipinski definition) is 4. The van der Waals surface area contributed by atoms with Crippen molar-refractivity contribution in [3.63, 3.8) is 0 Å². The normalized spacial score (nSPS) is 13.4. The van der Waals surface area contributed by atoms with Crippen molar-refractivity contribution >= 4 is 11.4 Å². The number of benzene rings is 1. The summed E-state index contributed by atoms with van der Waals surface area (Å²) >= 11 is 0. The van der Waals surface area contributed by atoms with E-state index in [1.165, 1.54) is 205 Å². The number of rotatable bonds is 62. The zero-order valence-corrected chi connectivity index (χ0v) is 50.7. The predicted octanol–water partition coefficient (Wildman–Crippen LogP) is 16.5. The first-order chi connectivity index (χ1) is 37.3. The molecular weight excluding hydrogens is 949 g/mol. The molecule has 4 N–H and O–H groups in total. The Kier molecular flexibility index (Phi) is 54.2. The average molecular weight is 1080 g/mol. The Hall–Kier alpha value is -1.50. The van der Waals surface area contributed by atoms with Crippen LogP contribution in [0.4, 0.5) is 11.4 Å². The van der Waals surface area contributed by atoms with Crippen molar-refractivity contribution in [2.75, 3.05) is 88.8 Å². The fourth-order valence-electron chi connectivity index (χ4n) is 10.3. The number of aliphatic hydroxyl groups excluding tert-OH is 4. The Morgan fingerprint density at radius 3 is 0.592 bits per heavy atom. The van der Waals surface area contributed by atoms with Crippen LogP contribution in [-0.4, -0.2) is 124 Å². The van der Waals surface area contributed by atoms with Crippen molar-refractivity contribution in [3.8, 4) is 0 Å². The van der Waals surface area contributed by atoms with Crippen molar-refractivity contribution in [3.05, 3.63) is 24.3 Å². The third-order valence-corrected chi connectivity index (χ3v) is 15.1. The molecule has 0 aromatic heterocycles. The molecule has 0 spiro atoms. The van der Waals surface area contributed by atoms with Crippen molar-refractivity contribution in [2.24, 2.45) is 0 Å². The molecule has 0 bridgehead atoms. The highest BCUT2D eigenvalue weighted by Gasteiger charge is 2.21. The molecule has 0 aliphatic rings. The monoisotopic (exact) mass is 1080 g/mol. The number of hydrogen-bond acceptors (Lipinski definition) is 10. The van der Waals surface area contributed by atoms with Crippen LogP contribution < -0.4 is 9.80 Å². The zero-order chi connectivity index (χ0) is 55.0. The average Bonchev–Trinajstić information content (AvgIpc) is 3.41. The van der Waals surface area contributed by atoms with Gasteiger partial charge >= 0.3 is 0 Å². The second-order valence-electron chi connectivity index (χ2n) is 23.0. The lowest BCUT2D eigenvalue weighted by atomic mass is 10.1. The molecule has 0 heterocycles. The molecule has 0 radical (unpaired) electrons. The maximum Gasteiger partial charge on any atom is 0.0948 e. The highest BCUT2D eigenvalue weighted by Crippen LogP contribution is 2.24. The molecule has 10 nitrogen and oxygen atoms in total. The van der Waals surface area contributed by atoms with Crippen LogP contribution >= 0.6 is 0 Å². The van der Waals surface area contributed by atoms with E-state index in [1.54, 1.807) is 0 Å². The molecule has 4 unspecified atom stereocenters. The second-order valence-corrected chi connectivity index (χ2v) is 23.0. The van der Waals surface area contributed by atoms with Gasteiger partial charge in [0.25, 0.3) is 0 Å². The summed E-state index contributed by atoms with van der Waals surface area (Å²) in [6, 6.07) is 8.05. The molecule has 1 aromatic rings. The van der Waals surface area contributed by atoms with E-state index in [-0.39, 0.29) is 26.4 Å². The van der Waals surface area contributed by atoms with Gasteiger partial charge in [-0.25, -0.2) is 0 Å². The van der Waals surface area contributed by atoms with Crippen LogP contribution in [0.25, 0.3) is 0 Å². The third kappa shape index (κ3) is 47.3. The van der Waals surface area contributed by atoms with Gasteiger partial charge in [0.05, 0.1) is 50.8 Å². The lowest BCUT2D eigenvalue weighted by molar-refractivity contribution is 0.0282. The van der Waals surface area contributed by atoms with E-state index in [0.717, 1.165) is 62.7 Å². The summed E-state index contributed by atoms with van der Waals surface area (Å²) in [5, 5.41) is 45.2. The van der Waals surface area contributed by atoms with Gasteiger partial charge < -0.3 is 49.2 Å². The maximum absolute atomic E-state index is 11.3. The van der Waals surface area contributed by atoms with Crippen LogP contribution in [0, 0.1) is 0 Å². The summed E-state index contributed by atoms with van der Waals surface area (Å²) < 4.78 is 24.0. The molecule has 4 atom stereocenters.